The van der Waals surface area contributed by atoms with E-state index in [0.29, 0.717) is 6.07 Å². The van der Waals surface area contributed by atoms with Gasteiger partial charge in [0, 0.05) is 10.5 Å². The van der Waals surface area contributed by atoms with Crippen molar-refractivity contribution in [3.8, 4) is 6.07 Å². The Morgan fingerprint density at radius 1 is 1.44 bits per heavy atom. The van der Waals surface area contributed by atoms with E-state index < -0.39 is 33.1 Å². The minimum atomic E-state index is -3.95. The predicted molar refractivity (Wildman–Crippen MR) is 57.1 cm³/mol. The summed E-state index contributed by atoms with van der Waals surface area (Å²) in [5.74, 6) is -2.71. The number of nitrogens with zero attached hydrogens (tertiary/aromatic N) is 1. The standard InChI is InChI=1S/C8H5BrF2N2O2S/c9-6-3-5(10)4-7(11)8(6)13-16(14,15)2-1-12/h3-4,13H,2H2. The fourth-order valence-electron chi connectivity index (χ4n) is 0.916. The molecule has 0 radical (unpaired) electrons. The zero-order valence-corrected chi connectivity index (χ0v) is 10.1. The first-order chi connectivity index (χ1) is 7.35. The van der Waals surface area contributed by atoms with Crippen LogP contribution in [0.15, 0.2) is 16.6 Å². The summed E-state index contributed by atoms with van der Waals surface area (Å²) in [6, 6.07) is 2.86. The predicted octanol–water partition coefficient (Wildman–Crippen LogP) is 1.99. The summed E-state index contributed by atoms with van der Waals surface area (Å²) in [5, 5.41) is 8.23. The van der Waals surface area contributed by atoms with Gasteiger partial charge in [0.1, 0.15) is 5.82 Å². The van der Waals surface area contributed by atoms with Crippen molar-refractivity contribution in [2.45, 2.75) is 0 Å². The lowest BCUT2D eigenvalue weighted by molar-refractivity contribution is 0.582. The van der Waals surface area contributed by atoms with E-state index in [-0.39, 0.29) is 4.47 Å². The summed E-state index contributed by atoms with van der Waals surface area (Å²) in [6.07, 6.45) is 0. The van der Waals surface area contributed by atoms with E-state index >= 15 is 0 Å². The summed E-state index contributed by atoms with van der Waals surface area (Å²) in [4.78, 5) is 0. The van der Waals surface area contributed by atoms with Gasteiger partial charge in [-0.05, 0) is 22.0 Å². The molecule has 0 saturated carbocycles. The molecule has 8 heteroatoms. The minimum absolute atomic E-state index is 0.0773. The Kier molecular flexibility index (Phi) is 3.83. The van der Waals surface area contributed by atoms with Crippen LogP contribution in [-0.2, 0) is 10.0 Å². The van der Waals surface area contributed by atoms with E-state index in [1.807, 2.05) is 4.72 Å². The van der Waals surface area contributed by atoms with Crippen molar-refractivity contribution in [1.82, 2.24) is 0 Å². The number of hydrogen-bond donors (Lipinski definition) is 1. The number of sulfonamides is 1. The molecule has 0 aliphatic rings. The first kappa shape index (κ1) is 12.9. The van der Waals surface area contributed by atoms with Crippen LogP contribution in [0.25, 0.3) is 0 Å². The number of halogens is 3. The topological polar surface area (TPSA) is 70.0 Å². The lowest BCUT2D eigenvalue weighted by Crippen LogP contribution is -2.17. The van der Waals surface area contributed by atoms with E-state index in [4.69, 9.17) is 5.26 Å². The zero-order chi connectivity index (χ0) is 12.3. The third kappa shape index (κ3) is 3.15. The van der Waals surface area contributed by atoms with Gasteiger partial charge in [-0.3, -0.25) is 4.72 Å². The van der Waals surface area contributed by atoms with Crippen LogP contribution in [0.5, 0.6) is 0 Å². The smallest absolute Gasteiger partial charge is 0.246 e. The first-order valence-electron chi connectivity index (χ1n) is 3.87. The minimum Gasteiger partial charge on any atom is -0.279 e. The molecule has 0 aromatic heterocycles. The molecule has 0 aliphatic heterocycles. The number of nitrogens with one attached hydrogen (secondary N) is 1. The Morgan fingerprint density at radius 3 is 2.56 bits per heavy atom. The van der Waals surface area contributed by atoms with Gasteiger partial charge in [-0.2, -0.15) is 5.26 Å². The summed E-state index contributed by atoms with van der Waals surface area (Å²) in [5.41, 5.74) is -0.420. The highest BCUT2D eigenvalue weighted by Gasteiger charge is 2.16. The van der Waals surface area contributed by atoms with Crippen molar-refractivity contribution in [2.24, 2.45) is 0 Å². The van der Waals surface area contributed by atoms with Crippen LogP contribution >= 0.6 is 15.9 Å². The monoisotopic (exact) mass is 310 g/mol. The molecule has 0 unspecified atom stereocenters. The molecule has 1 N–H and O–H groups in total. The average molecular weight is 311 g/mol. The molecule has 1 aromatic carbocycles. The largest absolute Gasteiger partial charge is 0.279 e. The van der Waals surface area contributed by atoms with E-state index in [2.05, 4.69) is 15.9 Å². The van der Waals surface area contributed by atoms with E-state index in [1.54, 1.807) is 0 Å². The van der Waals surface area contributed by atoms with Crippen LogP contribution < -0.4 is 4.72 Å². The molecule has 0 amide bonds. The van der Waals surface area contributed by atoms with Crippen LogP contribution in [0.2, 0.25) is 0 Å². The number of benzene rings is 1. The molecule has 0 atom stereocenters. The van der Waals surface area contributed by atoms with Gasteiger partial charge >= 0.3 is 0 Å². The van der Waals surface area contributed by atoms with Crippen molar-refractivity contribution in [2.75, 3.05) is 10.5 Å². The second kappa shape index (κ2) is 4.76. The molecule has 0 bridgehead atoms. The van der Waals surface area contributed by atoms with Crippen LogP contribution in [0, 0.1) is 23.0 Å². The van der Waals surface area contributed by atoms with Gasteiger partial charge < -0.3 is 0 Å². The van der Waals surface area contributed by atoms with E-state index in [9.17, 15) is 17.2 Å². The third-order valence-electron chi connectivity index (χ3n) is 1.52. The normalized spacial score (nSPS) is 10.9. The maximum atomic E-state index is 13.2. The highest BCUT2D eigenvalue weighted by molar-refractivity contribution is 9.10. The second-order valence-corrected chi connectivity index (χ2v) is 5.34. The van der Waals surface area contributed by atoms with Gasteiger partial charge in [-0.1, -0.05) is 0 Å². The molecule has 86 valence electrons. The van der Waals surface area contributed by atoms with Crippen molar-refractivity contribution in [3.63, 3.8) is 0 Å². The molecule has 1 aromatic rings. The van der Waals surface area contributed by atoms with Gasteiger partial charge in [-0.15, -0.1) is 0 Å². The molecule has 0 heterocycles. The lowest BCUT2D eigenvalue weighted by atomic mass is 10.3. The van der Waals surface area contributed by atoms with Crippen LogP contribution in [0.4, 0.5) is 14.5 Å². The van der Waals surface area contributed by atoms with Gasteiger partial charge in [0.15, 0.2) is 11.6 Å². The SMILES string of the molecule is N#CCS(=O)(=O)Nc1c(F)cc(F)cc1Br. The van der Waals surface area contributed by atoms with Crippen LogP contribution in [0.3, 0.4) is 0 Å². The quantitative estimate of drug-likeness (QED) is 0.928. The number of anilines is 1. The maximum Gasteiger partial charge on any atom is 0.246 e. The van der Waals surface area contributed by atoms with Crippen molar-refractivity contribution >= 4 is 31.6 Å². The van der Waals surface area contributed by atoms with Gasteiger partial charge in [-0.25, -0.2) is 17.2 Å². The molecular weight excluding hydrogens is 306 g/mol. The summed E-state index contributed by atoms with van der Waals surface area (Å²) in [7, 11) is -3.95. The molecule has 16 heavy (non-hydrogen) atoms. The van der Waals surface area contributed by atoms with E-state index in [1.165, 1.54) is 6.07 Å². The Morgan fingerprint density at radius 2 is 2.06 bits per heavy atom. The van der Waals surface area contributed by atoms with E-state index in [0.717, 1.165) is 6.07 Å². The van der Waals surface area contributed by atoms with Gasteiger partial charge in [0.25, 0.3) is 0 Å². The molecular formula is C8H5BrF2N2O2S. The Balaban J connectivity index is 3.13. The Hall–Kier alpha value is -1.20. The molecule has 4 nitrogen and oxygen atoms in total. The van der Waals surface area contributed by atoms with Crippen molar-refractivity contribution in [1.29, 1.82) is 5.26 Å². The molecule has 0 saturated heterocycles. The third-order valence-corrected chi connectivity index (χ3v) is 3.17. The molecule has 0 fully saturated rings. The van der Waals surface area contributed by atoms with Gasteiger partial charge in [0.2, 0.25) is 10.0 Å². The number of nitriles is 1. The molecule has 0 aliphatic carbocycles. The first-order valence-corrected chi connectivity index (χ1v) is 6.32. The van der Waals surface area contributed by atoms with Crippen molar-refractivity contribution in [3.05, 3.63) is 28.2 Å². The zero-order valence-electron chi connectivity index (χ0n) is 7.67. The number of rotatable bonds is 3. The fourth-order valence-corrected chi connectivity index (χ4v) is 2.32. The molecule has 1 rings (SSSR count). The summed E-state index contributed by atoms with van der Waals surface area (Å²) < 4.78 is 50.0. The fraction of sp³-hybridized carbons (Fsp3) is 0.125. The summed E-state index contributed by atoms with van der Waals surface area (Å²) >= 11 is 2.81. The average Bonchev–Trinajstić information content (AvgIpc) is 2.11. The lowest BCUT2D eigenvalue weighted by Gasteiger charge is -2.08. The summed E-state index contributed by atoms with van der Waals surface area (Å²) in [6.45, 7) is 0. The van der Waals surface area contributed by atoms with Gasteiger partial charge in [0.05, 0.1) is 11.8 Å². The number of hydrogen-bond acceptors (Lipinski definition) is 3. The highest BCUT2D eigenvalue weighted by atomic mass is 79.9. The van der Waals surface area contributed by atoms with Crippen LogP contribution in [0.1, 0.15) is 0 Å². The highest BCUT2D eigenvalue weighted by Crippen LogP contribution is 2.27. The Bertz CT molecular complexity index is 531. The second-order valence-electron chi connectivity index (χ2n) is 2.76. The Labute approximate surface area is 99.1 Å². The molecule has 0 spiro atoms. The van der Waals surface area contributed by atoms with Crippen molar-refractivity contribution < 1.29 is 17.2 Å². The van der Waals surface area contributed by atoms with Crippen LogP contribution in [-0.4, -0.2) is 14.2 Å². The maximum absolute atomic E-state index is 13.2.